The summed E-state index contributed by atoms with van der Waals surface area (Å²) in [5, 5.41) is 10.1. The Balaban J connectivity index is 2.34. The normalized spacial score (nSPS) is 24.8. The van der Waals surface area contributed by atoms with Crippen LogP contribution in [0, 0.1) is 12.3 Å². The summed E-state index contributed by atoms with van der Waals surface area (Å²) in [5.41, 5.74) is 2.15. The van der Waals surface area contributed by atoms with Crippen LogP contribution >= 0.6 is 0 Å². The third-order valence-electron chi connectivity index (χ3n) is 3.20. The molecule has 0 radical (unpaired) electrons. The van der Waals surface area contributed by atoms with E-state index in [1.54, 1.807) is 0 Å². The molecule has 1 heterocycles. The highest BCUT2D eigenvalue weighted by atomic mass is 16.5. The lowest BCUT2D eigenvalue weighted by Crippen LogP contribution is -2.36. The summed E-state index contributed by atoms with van der Waals surface area (Å²) >= 11 is 0. The summed E-state index contributed by atoms with van der Waals surface area (Å²) in [4.78, 5) is 0. The van der Waals surface area contributed by atoms with Crippen molar-refractivity contribution in [3.05, 3.63) is 29.3 Å². The van der Waals surface area contributed by atoms with Crippen LogP contribution in [0.3, 0.4) is 0 Å². The molecular formula is C14H20O2. The first-order valence-corrected chi connectivity index (χ1v) is 5.83. The standard InChI is InChI=1S/C14H20O2/c1-9-5-6-12-10(7-9)11(15)8-13(16-12)14(2,3)4/h5-7,11,13,15H,8H2,1-4H3. The van der Waals surface area contributed by atoms with Crippen molar-refractivity contribution in [2.45, 2.75) is 46.3 Å². The fraction of sp³-hybridized carbons (Fsp3) is 0.571. The van der Waals surface area contributed by atoms with E-state index in [2.05, 4.69) is 20.8 Å². The Morgan fingerprint density at radius 3 is 2.62 bits per heavy atom. The zero-order valence-electron chi connectivity index (χ0n) is 10.4. The Kier molecular flexibility index (Phi) is 2.70. The molecule has 16 heavy (non-hydrogen) atoms. The highest BCUT2D eigenvalue weighted by Gasteiger charge is 2.34. The summed E-state index contributed by atoms with van der Waals surface area (Å²) in [6, 6.07) is 6.00. The molecule has 1 aliphatic heterocycles. The van der Waals surface area contributed by atoms with E-state index in [0.29, 0.717) is 6.42 Å². The summed E-state index contributed by atoms with van der Waals surface area (Å²) < 4.78 is 5.96. The maximum atomic E-state index is 10.1. The lowest BCUT2D eigenvalue weighted by molar-refractivity contribution is 0.00797. The molecule has 0 aromatic heterocycles. The van der Waals surface area contributed by atoms with Crippen LogP contribution in [0.15, 0.2) is 18.2 Å². The third kappa shape index (κ3) is 2.07. The van der Waals surface area contributed by atoms with Gasteiger partial charge in [-0.25, -0.2) is 0 Å². The quantitative estimate of drug-likeness (QED) is 0.727. The average Bonchev–Trinajstić information content (AvgIpc) is 2.17. The molecule has 2 atom stereocenters. The molecule has 2 unspecified atom stereocenters. The topological polar surface area (TPSA) is 29.5 Å². The smallest absolute Gasteiger partial charge is 0.125 e. The third-order valence-corrected chi connectivity index (χ3v) is 3.20. The Hall–Kier alpha value is -1.02. The number of benzene rings is 1. The van der Waals surface area contributed by atoms with E-state index in [1.165, 1.54) is 0 Å². The summed E-state index contributed by atoms with van der Waals surface area (Å²) in [7, 11) is 0. The van der Waals surface area contributed by atoms with E-state index in [1.807, 2.05) is 25.1 Å². The van der Waals surface area contributed by atoms with Gasteiger partial charge < -0.3 is 9.84 Å². The molecule has 0 saturated carbocycles. The van der Waals surface area contributed by atoms with Crippen LogP contribution in [0.5, 0.6) is 5.75 Å². The summed E-state index contributed by atoms with van der Waals surface area (Å²) in [6.07, 6.45) is 0.366. The van der Waals surface area contributed by atoms with Gasteiger partial charge >= 0.3 is 0 Å². The van der Waals surface area contributed by atoms with Gasteiger partial charge in [0.15, 0.2) is 0 Å². The number of aliphatic hydroxyl groups is 1. The molecule has 2 rings (SSSR count). The molecule has 88 valence electrons. The van der Waals surface area contributed by atoms with Crippen molar-refractivity contribution in [2.75, 3.05) is 0 Å². The van der Waals surface area contributed by atoms with Crippen molar-refractivity contribution < 1.29 is 9.84 Å². The van der Waals surface area contributed by atoms with Crippen molar-refractivity contribution in [2.24, 2.45) is 5.41 Å². The number of aliphatic hydroxyl groups excluding tert-OH is 1. The Morgan fingerprint density at radius 1 is 1.31 bits per heavy atom. The molecule has 2 heteroatoms. The first-order valence-electron chi connectivity index (χ1n) is 5.83. The van der Waals surface area contributed by atoms with E-state index in [4.69, 9.17) is 4.74 Å². The molecule has 0 fully saturated rings. The van der Waals surface area contributed by atoms with Crippen LogP contribution in [0.2, 0.25) is 0 Å². The van der Waals surface area contributed by atoms with Gasteiger partial charge in [0, 0.05) is 12.0 Å². The molecule has 1 aromatic rings. The van der Waals surface area contributed by atoms with Crippen molar-refractivity contribution in [1.82, 2.24) is 0 Å². The molecule has 2 nitrogen and oxygen atoms in total. The fourth-order valence-corrected chi connectivity index (χ4v) is 2.10. The second-order valence-electron chi connectivity index (χ2n) is 5.77. The average molecular weight is 220 g/mol. The summed E-state index contributed by atoms with van der Waals surface area (Å²) in [6.45, 7) is 8.46. The number of hydrogen-bond acceptors (Lipinski definition) is 2. The molecule has 1 aromatic carbocycles. The van der Waals surface area contributed by atoms with Gasteiger partial charge in [0.25, 0.3) is 0 Å². The molecule has 0 aliphatic carbocycles. The van der Waals surface area contributed by atoms with Gasteiger partial charge in [-0.05, 0) is 24.5 Å². The zero-order chi connectivity index (χ0) is 11.9. The van der Waals surface area contributed by atoms with Gasteiger partial charge in [-0.15, -0.1) is 0 Å². The van der Waals surface area contributed by atoms with Gasteiger partial charge in [-0.1, -0.05) is 32.4 Å². The molecule has 0 amide bonds. The number of aryl methyl sites for hydroxylation is 1. The predicted molar refractivity (Wildman–Crippen MR) is 64.6 cm³/mol. The highest BCUT2D eigenvalue weighted by Crippen LogP contribution is 2.40. The lowest BCUT2D eigenvalue weighted by Gasteiger charge is -2.37. The first kappa shape index (κ1) is 11.5. The first-order chi connectivity index (χ1) is 7.38. The van der Waals surface area contributed by atoms with Crippen molar-refractivity contribution in [3.8, 4) is 5.75 Å². The lowest BCUT2D eigenvalue weighted by atomic mass is 9.82. The van der Waals surface area contributed by atoms with Crippen LogP contribution in [-0.4, -0.2) is 11.2 Å². The monoisotopic (exact) mass is 220 g/mol. The molecule has 1 aliphatic rings. The van der Waals surface area contributed by atoms with E-state index < -0.39 is 6.10 Å². The van der Waals surface area contributed by atoms with Crippen LogP contribution in [-0.2, 0) is 0 Å². The van der Waals surface area contributed by atoms with Crippen LogP contribution in [0.25, 0.3) is 0 Å². The maximum absolute atomic E-state index is 10.1. The van der Waals surface area contributed by atoms with Crippen molar-refractivity contribution in [1.29, 1.82) is 0 Å². The number of hydrogen-bond donors (Lipinski definition) is 1. The summed E-state index contributed by atoms with van der Waals surface area (Å²) in [5.74, 6) is 0.837. The molecular weight excluding hydrogens is 200 g/mol. The van der Waals surface area contributed by atoms with E-state index in [9.17, 15) is 5.11 Å². The number of rotatable bonds is 0. The highest BCUT2D eigenvalue weighted by molar-refractivity contribution is 5.40. The van der Waals surface area contributed by atoms with Gasteiger partial charge in [-0.2, -0.15) is 0 Å². The van der Waals surface area contributed by atoms with Crippen LogP contribution in [0.1, 0.15) is 44.4 Å². The van der Waals surface area contributed by atoms with Crippen LogP contribution < -0.4 is 4.74 Å². The fourth-order valence-electron chi connectivity index (χ4n) is 2.10. The molecule has 0 saturated heterocycles. The second kappa shape index (κ2) is 3.77. The van der Waals surface area contributed by atoms with Gasteiger partial charge in [0.05, 0.1) is 6.10 Å². The minimum Gasteiger partial charge on any atom is -0.489 e. The Morgan fingerprint density at radius 2 is 2.00 bits per heavy atom. The van der Waals surface area contributed by atoms with Crippen LogP contribution in [0.4, 0.5) is 0 Å². The predicted octanol–water partition coefficient (Wildman–Crippen LogP) is 3.23. The largest absolute Gasteiger partial charge is 0.489 e. The van der Waals surface area contributed by atoms with Crippen molar-refractivity contribution in [3.63, 3.8) is 0 Å². The van der Waals surface area contributed by atoms with Gasteiger partial charge in [0.2, 0.25) is 0 Å². The molecule has 0 bridgehead atoms. The van der Waals surface area contributed by atoms with Gasteiger partial charge in [-0.3, -0.25) is 0 Å². The minimum atomic E-state index is -0.395. The van der Waals surface area contributed by atoms with E-state index in [0.717, 1.165) is 16.9 Å². The van der Waals surface area contributed by atoms with E-state index >= 15 is 0 Å². The Bertz CT molecular complexity index is 390. The van der Waals surface area contributed by atoms with Crippen molar-refractivity contribution >= 4 is 0 Å². The number of ether oxygens (including phenoxy) is 1. The molecule has 0 spiro atoms. The number of fused-ring (bicyclic) bond motifs is 1. The SMILES string of the molecule is Cc1ccc2c(c1)C(O)CC(C(C)(C)C)O2. The van der Waals surface area contributed by atoms with Gasteiger partial charge in [0.1, 0.15) is 11.9 Å². The molecule has 1 N–H and O–H groups in total. The zero-order valence-corrected chi connectivity index (χ0v) is 10.4. The Labute approximate surface area is 97.3 Å². The maximum Gasteiger partial charge on any atom is 0.125 e. The second-order valence-corrected chi connectivity index (χ2v) is 5.77. The van der Waals surface area contributed by atoms with E-state index in [-0.39, 0.29) is 11.5 Å². The minimum absolute atomic E-state index is 0.0591.